The Hall–Kier alpha value is -3.10. The highest BCUT2D eigenvalue weighted by molar-refractivity contribution is 7.09. The van der Waals surface area contributed by atoms with Crippen molar-refractivity contribution >= 4 is 40.6 Å². The van der Waals surface area contributed by atoms with E-state index in [0.717, 1.165) is 42.5 Å². The molecule has 3 amide bonds. The topological polar surface area (TPSA) is 92.4 Å². The van der Waals surface area contributed by atoms with Gasteiger partial charge in [0.15, 0.2) is 0 Å². The van der Waals surface area contributed by atoms with Crippen molar-refractivity contribution in [2.24, 2.45) is 0 Å². The number of halogens is 1. The Kier molecular flexibility index (Phi) is 8.25. The minimum Gasteiger partial charge on any atom is -0.486 e. The fraction of sp³-hybridized carbons (Fsp3) is 0.346. The van der Waals surface area contributed by atoms with Gasteiger partial charge in [0.2, 0.25) is 0 Å². The van der Waals surface area contributed by atoms with Crippen LogP contribution in [-0.2, 0) is 6.61 Å². The summed E-state index contributed by atoms with van der Waals surface area (Å²) in [5.41, 5.74) is 3.30. The molecule has 0 spiro atoms. The van der Waals surface area contributed by atoms with E-state index in [0.29, 0.717) is 21.5 Å². The van der Waals surface area contributed by atoms with E-state index < -0.39 is 0 Å². The second-order valence-electron chi connectivity index (χ2n) is 8.69. The summed E-state index contributed by atoms with van der Waals surface area (Å²) in [6.07, 6.45) is 3.61. The second-order valence-corrected chi connectivity index (χ2v) is 10.1. The van der Waals surface area contributed by atoms with Crippen LogP contribution in [-0.4, -0.2) is 29.0 Å². The minimum atomic E-state index is -0.264. The average molecular weight is 513 g/mol. The summed E-state index contributed by atoms with van der Waals surface area (Å²) in [6, 6.07) is 12.3. The van der Waals surface area contributed by atoms with Crippen LogP contribution in [0.2, 0.25) is 5.02 Å². The molecule has 1 saturated carbocycles. The number of hydrogen-bond acceptors (Lipinski definition) is 5. The highest BCUT2D eigenvalue weighted by Gasteiger charge is 2.29. The lowest BCUT2D eigenvalue weighted by Gasteiger charge is -2.32. The van der Waals surface area contributed by atoms with E-state index in [1.165, 1.54) is 11.3 Å². The number of nitrogens with one attached hydrogen (secondary N) is 3. The predicted molar refractivity (Wildman–Crippen MR) is 139 cm³/mol. The van der Waals surface area contributed by atoms with Gasteiger partial charge in [0.05, 0.1) is 6.04 Å². The average Bonchev–Trinajstić information content (AvgIpc) is 3.32. The van der Waals surface area contributed by atoms with E-state index in [-0.39, 0.29) is 30.6 Å². The molecule has 0 saturated heterocycles. The molecule has 0 radical (unpaired) electrons. The number of thiazole rings is 1. The summed E-state index contributed by atoms with van der Waals surface area (Å²) in [5, 5.41) is 12.2. The van der Waals surface area contributed by atoms with Crippen LogP contribution in [0.4, 0.5) is 10.5 Å². The Morgan fingerprint density at radius 2 is 1.77 bits per heavy atom. The SMILES string of the molecule is Cc1cccc(NC(=O)N[C@@H]2CCCC[C@@H]2NC(=O)c2csc(COc3ccc(Cl)cc3)n2)c1C. The number of benzene rings is 2. The number of amides is 3. The van der Waals surface area contributed by atoms with Gasteiger partial charge in [0.25, 0.3) is 5.91 Å². The van der Waals surface area contributed by atoms with E-state index in [2.05, 4.69) is 20.9 Å². The first-order chi connectivity index (χ1) is 16.9. The molecule has 2 atom stereocenters. The number of ether oxygens (including phenoxy) is 1. The smallest absolute Gasteiger partial charge is 0.319 e. The second kappa shape index (κ2) is 11.6. The number of aromatic nitrogens is 1. The molecular weight excluding hydrogens is 484 g/mol. The van der Waals surface area contributed by atoms with Gasteiger partial charge in [0, 0.05) is 22.1 Å². The Bertz CT molecular complexity index is 1180. The van der Waals surface area contributed by atoms with Crippen LogP contribution in [0, 0.1) is 13.8 Å². The van der Waals surface area contributed by atoms with Crippen molar-refractivity contribution in [3.05, 3.63) is 74.7 Å². The molecule has 1 fully saturated rings. The van der Waals surface area contributed by atoms with Crippen molar-refractivity contribution < 1.29 is 14.3 Å². The molecule has 1 aliphatic rings. The number of urea groups is 1. The highest BCUT2D eigenvalue weighted by atomic mass is 35.5. The molecular formula is C26H29ClN4O3S. The molecule has 7 nitrogen and oxygen atoms in total. The zero-order valence-electron chi connectivity index (χ0n) is 19.8. The Morgan fingerprint density at radius 1 is 1.06 bits per heavy atom. The van der Waals surface area contributed by atoms with Gasteiger partial charge in [-0.3, -0.25) is 4.79 Å². The van der Waals surface area contributed by atoms with Crippen molar-refractivity contribution in [2.75, 3.05) is 5.32 Å². The molecule has 3 aromatic rings. The summed E-state index contributed by atoms with van der Waals surface area (Å²) in [4.78, 5) is 30.0. The standard InChI is InChI=1S/C26H29ClN4O3S/c1-16-6-5-9-20(17(16)2)30-26(33)31-22-8-4-3-7-21(22)29-25(32)23-15-35-24(28-23)14-34-19-12-10-18(27)11-13-19/h5-6,9-13,15,21-22H,3-4,7-8,14H2,1-2H3,(H,29,32)(H2,30,31,33)/t21-,22+/m0/s1. The summed E-state index contributed by atoms with van der Waals surface area (Å²) in [5.74, 6) is 0.443. The molecule has 1 heterocycles. The largest absolute Gasteiger partial charge is 0.486 e. The van der Waals surface area contributed by atoms with Crippen LogP contribution in [0.25, 0.3) is 0 Å². The van der Waals surface area contributed by atoms with Crippen LogP contribution in [0.15, 0.2) is 47.8 Å². The summed E-state index contributed by atoms with van der Waals surface area (Å²) < 4.78 is 5.72. The van der Waals surface area contributed by atoms with Gasteiger partial charge in [-0.05, 0) is 68.1 Å². The first-order valence-corrected chi connectivity index (χ1v) is 12.9. The molecule has 4 rings (SSSR count). The van der Waals surface area contributed by atoms with Crippen LogP contribution < -0.4 is 20.7 Å². The molecule has 0 unspecified atom stereocenters. The quantitative estimate of drug-likeness (QED) is 0.370. The molecule has 0 bridgehead atoms. The lowest BCUT2D eigenvalue weighted by Crippen LogP contribution is -2.54. The molecule has 35 heavy (non-hydrogen) atoms. The molecule has 9 heteroatoms. The van der Waals surface area contributed by atoms with E-state index in [4.69, 9.17) is 16.3 Å². The van der Waals surface area contributed by atoms with E-state index >= 15 is 0 Å². The predicted octanol–water partition coefficient (Wildman–Crippen LogP) is 5.86. The van der Waals surface area contributed by atoms with Crippen LogP contribution in [0.3, 0.4) is 0 Å². The number of hydrogen-bond donors (Lipinski definition) is 3. The van der Waals surface area contributed by atoms with E-state index in [9.17, 15) is 9.59 Å². The number of anilines is 1. The first-order valence-electron chi connectivity index (χ1n) is 11.7. The fourth-order valence-corrected chi connectivity index (χ4v) is 4.90. The monoisotopic (exact) mass is 512 g/mol. The van der Waals surface area contributed by atoms with E-state index in [1.807, 2.05) is 32.0 Å². The summed E-state index contributed by atoms with van der Waals surface area (Å²) in [7, 11) is 0. The zero-order chi connectivity index (χ0) is 24.8. The van der Waals surface area contributed by atoms with Crippen molar-refractivity contribution in [3.63, 3.8) is 0 Å². The Morgan fingerprint density at radius 3 is 2.51 bits per heavy atom. The minimum absolute atomic E-state index is 0.149. The number of carbonyl (C=O) groups excluding carboxylic acids is 2. The van der Waals surface area contributed by atoms with Gasteiger partial charge in [-0.1, -0.05) is 36.6 Å². The molecule has 2 aromatic carbocycles. The Balaban J connectivity index is 1.32. The summed E-state index contributed by atoms with van der Waals surface area (Å²) in [6.45, 7) is 4.27. The Labute approximate surface area is 214 Å². The third kappa shape index (κ3) is 6.74. The number of nitrogens with zero attached hydrogens (tertiary/aromatic N) is 1. The normalized spacial score (nSPS) is 17.5. The van der Waals surface area contributed by atoms with Crippen molar-refractivity contribution in [1.29, 1.82) is 0 Å². The van der Waals surface area contributed by atoms with Crippen LogP contribution in [0.5, 0.6) is 5.75 Å². The van der Waals surface area contributed by atoms with Gasteiger partial charge in [-0.25, -0.2) is 9.78 Å². The molecule has 1 aromatic heterocycles. The van der Waals surface area contributed by atoms with Gasteiger partial charge >= 0.3 is 6.03 Å². The first kappa shape index (κ1) is 25.0. The van der Waals surface area contributed by atoms with Crippen LogP contribution in [0.1, 0.15) is 52.3 Å². The summed E-state index contributed by atoms with van der Waals surface area (Å²) >= 11 is 7.27. The highest BCUT2D eigenvalue weighted by Crippen LogP contribution is 2.22. The lowest BCUT2D eigenvalue weighted by atomic mass is 9.90. The number of carbonyl (C=O) groups is 2. The third-order valence-corrected chi connectivity index (χ3v) is 7.29. The number of aryl methyl sites for hydroxylation is 1. The maximum Gasteiger partial charge on any atom is 0.319 e. The van der Waals surface area contributed by atoms with Gasteiger partial charge in [-0.15, -0.1) is 11.3 Å². The van der Waals surface area contributed by atoms with Crippen molar-refractivity contribution in [1.82, 2.24) is 15.6 Å². The van der Waals surface area contributed by atoms with Crippen LogP contribution >= 0.6 is 22.9 Å². The van der Waals surface area contributed by atoms with Gasteiger partial charge in [-0.2, -0.15) is 0 Å². The van der Waals surface area contributed by atoms with Gasteiger partial charge < -0.3 is 20.7 Å². The molecule has 0 aliphatic heterocycles. The molecule has 1 aliphatic carbocycles. The maximum atomic E-state index is 12.9. The van der Waals surface area contributed by atoms with Crippen molar-refractivity contribution in [3.8, 4) is 5.75 Å². The van der Waals surface area contributed by atoms with Gasteiger partial charge in [0.1, 0.15) is 23.1 Å². The fourth-order valence-electron chi connectivity index (χ4n) is 4.09. The maximum absolute atomic E-state index is 12.9. The van der Waals surface area contributed by atoms with E-state index in [1.54, 1.807) is 29.6 Å². The molecule has 184 valence electrons. The lowest BCUT2D eigenvalue weighted by molar-refractivity contribution is 0.0911. The zero-order valence-corrected chi connectivity index (χ0v) is 21.3. The number of rotatable bonds is 7. The third-order valence-electron chi connectivity index (χ3n) is 6.21. The molecule has 3 N–H and O–H groups in total. The van der Waals surface area contributed by atoms with Crippen molar-refractivity contribution in [2.45, 2.75) is 58.2 Å².